The first-order valence-corrected chi connectivity index (χ1v) is 4.20. The normalized spacial score (nSPS) is 21.5. The average Bonchev–Trinajstić information content (AvgIpc) is 2.63. The van der Waals surface area contributed by atoms with Crippen LogP contribution in [0.25, 0.3) is 0 Å². The van der Waals surface area contributed by atoms with Gasteiger partial charge >= 0.3 is 0 Å². The molecular weight excluding hydrogens is 195 g/mol. The molecule has 0 radical (unpaired) electrons. The minimum atomic E-state index is -1.17. The van der Waals surface area contributed by atoms with Crippen LogP contribution in [-0.4, -0.2) is 6.61 Å². The molecule has 0 aliphatic carbocycles. The molecule has 1 heterocycles. The van der Waals surface area contributed by atoms with Crippen molar-refractivity contribution in [2.75, 3.05) is 6.61 Å². The summed E-state index contributed by atoms with van der Waals surface area (Å²) in [6.07, 6.45) is 0.500. The van der Waals surface area contributed by atoms with Crippen molar-refractivity contribution >= 4 is 0 Å². The molecule has 5 heteroatoms. The van der Waals surface area contributed by atoms with Crippen LogP contribution in [0, 0.1) is 17.5 Å². The second-order valence-corrected chi connectivity index (χ2v) is 3.10. The molecule has 0 spiro atoms. The van der Waals surface area contributed by atoms with Crippen molar-refractivity contribution in [3.05, 3.63) is 35.1 Å². The first kappa shape index (κ1) is 9.48. The van der Waals surface area contributed by atoms with E-state index in [2.05, 4.69) is 5.48 Å². The van der Waals surface area contributed by atoms with Crippen LogP contribution in [0.2, 0.25) is 0 Å². The lowest BCUT2D eigenvalue weighted by Gasteiger charge is -2.10. The van der Waals surface area contributed by atoms with Gasteiger partial charge in [0, 0.05) is 11.6 Å². The summed E-state index contributed by atoms with van der Waals surface area (Å²) >= 11 is 0. The molecule has 76 valence electrons. The van der Waals surface area contributed by atoms with Crippen molar-refractivity contribution in [3.8, 4) is 0 Å². The van der Waals surface area contributed by atoms with Crippen molar-refractivity contribution in [1.29, 1.82) is 0 Å². The molecule has 1 unspecified atom stereocenters. The Morgan fingerprint density at radius 2 is 2.07 bits per heavy atom. The largest absolute Gasteiger partial charge is 0.301 e. The zero-order valence-electron chi connectivity index (χ0n) is 7.19. The van der Waals surface area contributed by atoms with E-state index in [0.29, 0.717) is 19.1 Å². The summed E-state index contributed by atoms with van der Waals surface area (Å²) in [6.45, 7) is 0.405. The Hall–Kier alpha value is -1.07. The van der Waals surface area contributed by atoms with Crippen LogP contribution in [0.3, 0.4) is 0 Å². The van der Waals surface area contributed by atoms with Crippen molar-refractivity contribution in [2.45, 2.75) is 12.5 Å². The molecular formula is C9H8F3NO. The lowest BCUT2D eigenvalue weighted by Crippen LogP contribution is -2.14. The number of hydrogen-bond acceptors (Lipinski definition) is 2. The lowest BCUT2D eigenvalue weighted by molar-refractivity contribution is 0.0875. The molecule has 0 amide bonds. The summed E-state index contributed by atoms with van der Waals surface area (Å²) in [5, 5.41) is 0. The van der Waals surface area contributed by atoms with E-state index in [9.17, 15) is 13.2 Å². The van der Waals surface area contributed by atoms with Crippen molar-refractivity contribution in [1.82, 2.24) is 5.48 Å². The van der Waals surface area contributed by atoms with Gasteiger partial charge in [0.25, 0.3) is 0 Å². The van der Waals surface area contributed by atoms with E-state index in [1.54, 1.807) is 0 Å². The van der Waals surface area contributed by atoms with Crippen LogP contribution in [-0.2, 0) is 4.84 Å². The van der Waals surface area contributed by atoms with E-state index in [0.717, 1.165) is 6.07 Å². The summed E-state index contributed by atoms with van der Waals surface area (Å²) in [7, 11) is 0. The zero-order chi connectivity index (χ0) is 10.1. The number of halogens is 3. The smallest absolute Gasteiger partial charge is 0.163 e. The highest BCUT2D eigenvalue weighted by molar-refractivity contribution is 5.23. The first-order chi connectivity index (χ1) is 6.68. The quantitative estimate of drug-likeness (QED) is 0.705. The second kappa shape index (κ2) is 3.59. The number of rotatable bonds is 1. The third-order valence-electron chi connectivity index (χ3n) is 2.13. The van der Waals surface area contributed by atoms with E-state index in [1.807, 2.05) is 0 Å². The van der Waals surface area contributed by atoms with Crippen LogP contribution in [0.1, 0.15) is 18.0 Å². The van der Waals surface area contributed by atoms with E-state index >= 15 is 0 Å². The predicted molar refractivity (Wildman–Crippen MR) is 42.8 cm³/mol. The number of hydrogen-bond donors (Lipinski definition) is 1. The van der Waals surface area contributed by atoms with Gasteiger partial charge in [-0.3, -0.25) is 0 Å². The summed E-state index contributed by atoms with van der Waals surface area (Å²) in [6, 6.07) is 1.03. The van der Waals surface area contributed by atoms with Crippen molar-refractivity contribution in [2.24, 2.45) is 0 Å². The van der Waals surface area contributed by atoms with E-state index in [4.69, 9.17) is 4.84 Å². The first-order valence-electron chi connectivity index (χ1n) is 4.20. The zero-order valence-corrected chi connectivity index (χ0v) is 7.19. The van der Waals surface area contributed by atoms with Crippen LogP contribution < -0.4 is 5.48 Å². The molecule has 1 aliphatic heterocycles. The Labute approximate surface area is 78.6 Å². The van der Waals surface area contributed by atoms with Gasteiger partial charge in [0.2, 0.25) is 0 Å². The van der Waals surface area contributed by atoms with Gasteiger partial charge in [0.05, 0.1) is 12.6 Å². The maximum atomic E-state index is 13.2. The van der Waals surface area contributed by atoms with Gasteiger partial charge in [-0.2, -0.15) is 5.48 Å². The molecule has 1 aromatic carbocycles. The Balaban J connectivity index is 2.40. The second-order valence-electron chi connectivity index (χ2n) is 3.10. The van der Waals surface area contributed by atoms with Crippen LogP contribution in [0.5, 0.6) is 0 Å². The van der Waals surface area contributed by atoms with Crippen molar-refractivity contribution < 1.29 is 18.0 Å². The van der Waals surface area contributed by atoms with E-state index < -0.39 is 23.5 Å². The molecule has 2 rings (SSSR count). The molecule has 1 aliphatic rings. The van der Waals surface area contributed by atoms with Crippen molar-refractivity contribution in [3.63, 3.8) is 0 Å². The Bertz CT molecular complexity index is 350. The maximum absolute atomic E-state index is 13.2. The Morgan fingerprint density at radius 3 is 2.71 bits per heavy atom. The molecule has 1 N–H and O–H groups in total. The number of benzene rings is 1. The summed E-state index contributed by atoms with van der Waals surface area (Å²) in [5.74, 6) is -2.98. The lowest BCUT2D eigenvalue weighted by atomic mass is 10.0. The highest BCUT2D eigenvalue weighted by Crippen LogP contribution is 2.25. The van der Waals surface area contributed by atoms with Gasteiger partial charge in [0.15, 0.2) is 11.6 Å². The van der Waals surface area contributed by atoms with Gasteiger partial charge in [-0.05, 0) is 12.5 Å². The van der Waals surface area contributed by atoms with Crippen LogP contribution >= 0.6 is 0 Å². The minimum Gasteiger partial charge on any atom is -0.301 e. The molecule has 1 atom stereocenters. The standard InChI is InChI=1S/C9H8F3NO/c10-5-3-6(8-1-2-14-13-8)9(12)7(11)4-5/h3-4,8,13H,1-2H2. The molecule has 0 bridgehead atoms. The van der Waals surface area contributed by atoms with Gasteiger partial charge in [-0.15, -0.1) is 0 Å². The molecule has 1 saturated heterocycles. The molecule has 1 fully saturated rings. The predicted octanol–water partition coefficient (Wildman–Crippen LogP) is 2.07. The highest BCUT2D eigenvalue weighted by atomic mass is 19.2. The fraction of sp³-hybridized carbons (Fsp3) is 0.333. The molecule has 2 nitrogen and oxygen atoms in total. The molecule has 0 saturated carbocycles. The van der Waals surface area contributed by atoms with E-state index in [-0.39, 0.29) is 5.56 Å². The Morgan fingerprint density at radius 1 is 1.29 bits per heavy atom. The average molecular weight is 203 g/mol. The van der Waals surface area contributed by atoms with Crippen LogP contribution in [0.15, 0.2) is 12.1 Å². The molecule has 1 aromatic rings. The fourth-order valence-electron chi connectivity index (χ4n) is 1.44. The highest BCUT2D eigenvalue weighted by Gasteiger charge is 2.23. The summed E-state index contributed by atoms with van der Waals surface area (Å²) in [5.41, 5.74) is 2.47. The maximum Gasteiger partial charge on any atom is 0.163 e. The fourth-order valence-corrected chi connectivity index (χ4v) is 1.44. The number of nitrogens with one attached hydrogen (secondary N) is 1. The van der Waals surface area contributed by atoms with Gasteiger partial charge in [-0.25, -0.2) is 13.2 Å². The van der Waals surface area contributed by atoms with Gasteiger partial charge in [0.1, 0.15) is 5.82 Å². The minimum absolute atomic E-state index is 0.0278. The third-order valence-corrected chi connectivity index (χ3v) is 2.13. The monoisotopic (exact) mass is 203 g/mol. The molecule has 0 aromatic heterocycles. The summed E-state index contributed by atoms with van der Waals surface area (Å²) < 4.78 is 38.8. The Kier molecular flexibility index (Phi) is 2.43. The SMILES string of the molecule is Fc1cc(F)c(F)c(C2CCON2)c1. The van der Waals surface area contributed by atoms with Crippen LogP contribution in [0.4, 0.5) is 13.2 Å². The topological polar surface area (TPSA) is 21.3 Å². The summed E-state index contributed by atoms with van der Waals surface area (Å²) in [4.78, 5) is 4.78. The number of hydroxylamine groups is 1. The van der Waals surface area contributed by atoms with E-state index in [1.165, 1.54) is 0 Å². The molecule has 14 heavy (non-hydrogen) atoms. The van der Waals surface area contributed by atoms with Gasteiger partial charge < -0.3 is 4.84 Å². The third kappa shape index (κ3) is 1.60. The van der Waals surface area contributed by atoms with Gasteiger partial charge in [-0.1, -0.05) is 0 Å².